The maximum Gasteiger partial charge on any atom is 0.243 e. The van der Waals surface area contributed by atoms with Crippen molar-refractivity contribution in [2.75, 3.05) is 39.2 Å². The maximum absolute atomic E-state index is 11.6. The number of amides is 1. The Morgan fingerprint density at radius 2 is 2.14 bits per heavy atom. The van der Waals surface area contributed by atoms with E-state index in [-0.39, 0.29) is 5.91 Å². The summed E-state index contributed by atoms with van der Waals surface area (Å²) in [7, 11) is 1.65. The number of carbonyl (C=O) groups is 1. The molecule has 0 heterocycles. The highest BCUT2D eigenvalue weighted by Crippen LogP contribution is 2.07. The third-order valence-electron chi connectivity index (χ3n) is 2.78. The molecule has 1 amide bonds. The molecule has 0 atom stereocenters. The summed E-state index contributed by atoms with van der Waals surface area (Å²) in [6.07, 6.45) is 5.08. The Bertz CT molecular complexity index is 447. The quantitative estimate of drug-likeness (QED) is 0.392. The van der Waals surface area contributed by atoms with Crippen LogP contribution >= 0.6 is 0 Å². The van der Waals surface area contributed by atoms with Crippen LogP contribution in [0.3, 0.4) is 0 Å². The fourth-order valence-corrected chi connectivity index (χ4v) is 1.68. The smallest absolute Gasteiger partial charge is 0.243 e. The zero-order valence-corrected chi connectivity index (χ0v) is 12.5. The van der Waals surface area contributed by atoms with Crippen LogP contribution in [-0.4, -0.2) is 39.4 Å². The third-order valence-corrected chi connectivity index (χ3v) is 2.78. The average molecular weight is 292 g/mol. The molecule has 1 aromatic carbocycles. The van der Waals surface area contributed by atoms with Crippen molar-refractivity contribution >= 4 is 17.7 Å². The molecule has 0 unspecified atom stereocenters. The molecule has 0 aliphatic rings. The zero-order valence-electron chi connectivity index (χ0n) is 12.5. The first kappa shape index (κ1) is 17.2. The van der Waals surface area contributed by atoms with Gasteiger partial charge in [-0.2, -0.15) is 0 Å². The van der Waals surface area contributed by atoms with Crippen molar-refractivity contribution in [2.45, 2.75) is 12.8 Å². The summed E-state index contributed by atoms with van der Waals surface area (Å²) in [5, 5.41) is 2.83. The zero-order chi connectivity index (χ0) is 15.3. The average Bonchev–Trinajstić information content (AvgIpc) is 2.48. The van der Waals surface area contributed by atoms with E-state index in [1.54, 1.807) is 13.2 Å². The Kier molecular flexibility index (Phi) is 8.91. The maximum atomic E-state index is 11.6. The van der Waals surface area contributed by atoms with Crippen molar-refractivity contribution in [3.8, 4) is 0 Å². The monoisotopic (exact) mass is 292 g/mol. The number of rotatable bonds is 10. The van der Waals surface area contributed by atoms with Gasteiger partial charge in [0.15, 0.2) is 0 Å². The molecule has 0 spiro atoms. The third kappa shape index (κ3) is 8.83. The van der Waals surface area contributed by atoms with E-state index in [4.69, 9.17) is 15.2 Å². The van der Waals surface area contributed by atoms with Crippen molar-refractivity contribution in [2.24, 2.45) is 0 Å². The van der Waals surface area contributed by atoms with Crippen molar-refractivity contribution in [1.29, 1.82) is 0 Å². The molecule has 21 heavy (non-hydrogen) atoms. The minimum absolute atomic E-state index is 0.0993. The molecule has 0 aliphatic heterocycles. The summed E-state index contributed by atoms with van der Waals surface area (Å²) >= 11 is 0. The number of nitrogens with one attached hydrogen (secondary N) is 1. The number of unbranched alkanes of at least 4 members (excludes halogenated alkanes) is 1. The summed E-state index contributed by atoms with van der Waals surface area (Å²) in [6.45, 7) is 2.57. The predicted molar refractivity (Wildman–Crippen MR) is 84.8 cm³/mol. The second-order valence-corrected chi connectivity index (χ2v) is 4.61. The minimum Gasteiger partial charge on any atom is -0.399 e. The second kappa shape index (κ2) is 10.9. The number of anilines is 1. The number of nitrogens with two attached hydrogens (primary N) is 1. The second-order valence-electron chi connectivity index (χ2n) is 4.61. The largest absolute Gasteiger partial charge is 0.399 e. The summed E-state index contributed by atoms with van der Waals surface area (Å²) in [4.78, 5) is 11.6. The molecule has 0 radical (unpaired) electrons. The van der Waals surface area contributed by atoms with Crippen LogP contribution < -0.4 is 11.1 Å². The summed E-state index contributed by atoms with van der Waals surface area (Å²) in [6, 6.07) is 7.39. The molecular weight excluding hydrogens is 268 g/mol. The van der Waals surface area contributed by atoms with Gasteiger partial charge in [-0.25, -0.2) is 0 Å². The number of benzene rings is 1. The number of nitrogen functional groups attached to an aromatic ring is 1. The number of carbonyl (C=O) groups excluding carboxylic acids is 1. The van der Waals surface area contributed by atoms with Crippen LogP contribution in [-0.2, 0) is 14.3 Å². The Morgan fingerprint density at radius 1 is 1.29 bits per heavy atom. The molecule has 0 aromatic heterocycles. The first-order chi connectivity index (χ1) is 10.2. The molecule has 3 N–H and O–H groups in total. The van der Waals surface area contributed by atoms with E-state index in [0.717, 1.165) is 18.4 Å². The van der Waals surface area contributed by atoms with Crippen LogP contribution in [0.1, 0.15) is 18.4 Å². The van der Waals surface area contributed by atoms with Crippen molar-refractivity contribution < 1.29 is 14.3 Å². The molecular formula is C16H24N2O3. The lowest BCUT2D eigenvalue weighted by Crippen LogP contribution is -2.22. The molecule has 0 saturated carbocycles. The van der Waals surface area contributed by atoms with Crippen molar-refractivity contribution in [3.63, 3.8) is 0 Å². The Labute approximate surface area is 126 Å². The standard InChI is InChI=1S/C16H24N2O3/c1-20-11-12-21-10-3-2-9-18-16(19)8-7-14-5-4-6-15(17)13-14/h4-8,13H,2-3,9-12,17H2,1H3,(H,18,19)/b8-7+. The highest BCUT2D eigenvalue weighted by Gasteiger charge is 1.96. The predicted octanol–water partition coefficient (Wildman–Crippen LogP) is 1.84. The minimum atomic E-state index is -0.0993. The summed E-state index contributed by atoms with van der Waals surface area (Å²) < 4.78 is 10.2. The first-order valence-corrected chi connectivity index (χ1v) is 7.10. The Hall–Kier alpha value is -1.85. The van der Waals surface area contributed by atoms with Gasteiger partial charge in [-0.15, -0.1) is 0 Å². The van der Waals surface area contributed by atoms with Crippen molar-refractivity contribution in [1.82, 2.24) is 5.32 Å². The molecule has 5 heteroatoms. The fourth-order valence-electron chi connectivity index (χ4n) is 1.68. The topological polar surface area (TPSA) is 73.6 Å². The van der Waals surface area contributed by atoms with E-state index in [0.29, 0.717) is 32.1 Å². The number of ether oxygens (including phenoxy) is 2. The lowest BCUT2D eigenvalue weighted by molar-refractivity contribution is -0.116. The molecule has 0 bridgehead atoms. The molecule has 1 rings (SSSR count). The van der Waals surface area contributed by atoms with Gasteiger partial charge >= 0.3 is 0 Å². The Morgan fingerprint density at radius 3 is 2.90 bits per heavy atom. The van der Waals surface area contributed by atoms with E-state index < -0.39 is 0 Å². The fraction of sp³-hybridized carbons (Fsp3) is 0.438. The van der Waals surface area contributed by atoms with Gasteiger partial charge in [0.05, 0.1) is 13.2 Å². The van der Waals surface area contributed by atoms with Crippen LogP contribution in [0.2, 0.25) is 0 Å². The summed E-state index contributed by atoms with van der Waals surface area (Å²) in [5.41, 5.74) is 7.27. The number of methoxy groups -OCH3 is 1. The molecule has 116 valence electrons. The lowest BCUT2D eigenvalue weighted by Gasteiger charge is -2.04. The van der Waals surface area contributed by atoms with Gasteiger partial charge in [0.2, 0.25) is 5.91 Å². The van der Waals surface area contributed by atoms with Crippen LogP contribution in [0, 0.1) is 0 Å². The van der Waals surface area contributed by atoms with Gasteiger partial charge in [-0.05, 0) is 36.6 Å². The van der Waals surface area contributed by atoms with Crippen LogP contribution in [0.15, 0.2) is 30.3 Å². The highest BCUT2D eigenvalue weighted by atomic mass is 16.5. The number of hydrogen-bond acceptors (Lipinski definition) is 4. The van der Waals surface area contributed by atoms with E-state index in [2.05, 4.69) is 5.32 Å². The van der Waals surface area contributed by atoms with Crippen LogP contribution in [0.25, 0.3) is 6.08 Å². The lowest BCUT2D eigenvalue weighted by atomic mass is 10.2. The van der Waals surface area contributed by atoms with Crippen LogP contribution in [0.4, 0.5) is 5.69 Å². The van der Waals surface area contributed by atoms with Crippen molar-refractivity contribution in [3.05, 3.63) is 35.9 Å². The van der Waals surface area contributed by atoms with Gasteiger partial charge in [-0.1, -0.05) is 12.1 Å². The van der Waals surface area contributed by atoms with E-state index in [1.165, 1.54) is 6.08 Å². The Balaban J connectivity index is 2.09. The van der Waals surface area contributed by atoms with Gasteiger partial charge < -0.3 is 20.5 Å². The molecule has 0 fully saturated rings. The SMILES string of the molecule is COCCOCCCCNC(=O)/C=C/c1cccc(N)c1. The van der Waals surface area contributed by atoms with E-state index >= 15 is 0 Å². The van der Waals surface area contributed by atoms with Gasteiger partial charge in [-0.3, -0.25) is 4.79 Å². The molecule has 1 aromatic rings. The highest BCUT2D eigenvalue weighted by molar-refractivity contribution is 5.91. The van der Waals surface area contributed by atoms with Gasteiger partial charge in [0.25, 0.3) is 0 Å². The normalized spacial score (nSPS) is 10.9. The molecule has 5 nitrogen and oxygen atoms in total. The molecule has 0 saturated heterocycles. The van der Waals surface area contributed by atoms with E-state index in [1.807, 2.05) is 24.3 Å². The van der Waals surface area contributed by atoms with Gasteiger partial charge in [0, 0.05) is 32.0 Å². The van der Waals surface area contributed by atoms with Gasteiger partial charge in [0.1, 0.15) is 0 Å². The first-order valence-electron chi connectivity index (χ1n) is 7.10. The summed E-state index contributed by atoms with van der Waals surface area (Å²) in [5.74, 6) is -0.0993. The molecule has 0 aliphatic carbocycles. The number of hydrogen-bond donors (Lipinski definition) is 2. The van der Waals surface area contributed by atoms with E-state index in [9.17, 15) is 4.79 Å². The van der Waals surface area contributed by atoms with Crippen LogP contribution in [0.5, 0.6) is 0 Å².